The fourth-order valence-corrected chi connectivity index (χ4v) is 2.17. The van der Waals surface area contributed by atoms with Crippen LogP contribution in [0.3, 0.4) is 0 Å². The Balaban J connectivity index is 2.05. The van der Waals surface area contributed by atoms with Crippen molar-refractivity contribution >= 4 is 23.5 Å². The van der Waals surface area contributed by atoms with Crippen molar-refractivity contribution in [2.75, 3.05) is 13.2 Å². The Hall–Kier alpha value is -1.76. The number of alkyl halides is 3. The largest absolute Gasteiger partial charge is 0.462 e. The Morgan fingerprint density at radius 3 is 2.67 bits per heavy atom. The summed E-state index contributed by atoms with van der Waals surface area (Å²) < 4.78 is 42.8. The fraction of sp³-hybridized carbons (Fsp3) is 0.385. The molecule has 1 aliphatic rings. The molecular weight excluding hydrogens is 311 g/mol. The normalized spacial score (nSPS) is 18.5. The predicted octanol–water partition coefficient (Wildman–Crippen LogP) is 2.65. The van der Waals surface area contributed by atoms with Crippen LogP contribution >= 0.6 is 11.6 Å². The van der Waals surface area contributed by atoms with Gasteiger partial charge in [0.25, 0.3) is 0 Å². The van der Waals surface area contributed by atoms with Crippen LogP contribution in [0.15, 0.2) is 18.2 Å². The lowest BCUT2D eigenvalue weighted by molar-refractivity contribution is -0.137. The molecule has 0 bridgehead atoms. The highest BCUT2D eigenvalue weighted by molar-refractivity contribution is 6.31. The quantitative estimate of drug-likeness (QED) is 0.871. The van der Waals surface area contributed by atoms with Gasteiger partial charge in [0.05, 0.1) is 17.7 Å². The van der Waals surface area contributed by atoms with Crippen molar-refractivity contribution in [1.29, 1.82) is 0 Å². The summed E-state index contributed by atoms with van der Waals surface area (Å²) in [4.78, 5) is 22.7. The Labute approximate surface area is 123 Å². The molecule has 0 aliphatic carbocycles. The van der Waals surface area contributed by atoms with Gasteiger partial charge in [-0.3, -0.25) is 4.79 Å². The second kappa shape index (κ2) is 5.93. The van der Waals surface area contributed by atoms with E-state index >= 15 is 0 Å². The van der Waals surface area contributed by atoms with Gasteiger partial charge in [0.2, 0.25) is 5.91 Å². The molecule has 1 aliphatic heterocycles. The molecule has 1 aromatic carbocycles. The zero-order valence-corrected chi connectivity index (χ0v) is 11.4. The van der Waals surface area contributed by atoms with Gasteiger partial charge in [-0.1, -0.05) is 11.6 Å². The molecule has 0 spiro atoms. The highest BCUT2D eigenvalue weighted by Gasteiger charge is 2.32. The van der Waals surface area contributed by atoms with Crippen LogP contribution in [0.5, 0.6) is 0 Å². The third-order valence-electron chi connectivity index (χ3n) is 2.97. The molecule has 1 amide bonds. The molecule has 0 saturated carbocycles. The van der Waals surface area contributed by atoms with Crippen molar-refractivity contribution in [3.05, 3.63) is 34.3 Å². The second-order valence-electron chi connectivity index (χ2n) is 4.70. The number of hydrogen-bond donors (Lipinski definition) is 1. The number of amides is 1. The maximum Gasteiger partial charge on any atom is 0.416 e. The first-order chi connectivity index (χ1) is 9.75. The van der Waals surface area contributed by atoms with E-state index in [1.807, 2.05) is 0 Å². The van der Waals surface area contributed by atoms with E-state index in [2.05, 4.69) is 5.32 Å². The van der Waals surface area contributed by atoms with E-state index in [1.165, 1.54) is 0 Å². The van der Waals surface area contributed by atoms with Crippen molar-refractivity contribution in [2.24, 2.45) is 5.92 Å². The number of esters is 1. The van der Waals surface area contributed by atoms with Crippen LogP contribution in [0.4, 0.5) is 13.2 Å². The number of carbonyl (C=O) groups is 2. The lowest BCUT2D eigenvalue weighted by Gasteiger charge is -2.11. The molecular formula is C13H11ClF3NO3. The summed E-state index contributed by atoms with van der Waals surface area (Å²) in [5.41, 5.74) is -1.29. The molecule has 1 saturated heterocycles. The third-order valence-corrected chi connectivity index (χ3v) is 3.19. The highest BCUT2D eigenvalue weighted by Crippen LogP contribution is 2.32. The van der Waals surface area contributed by atoms with Gasteiger partial charge in [0.1, 0.15) is 0 Å². The lowest BCUT2D eigenvalue weighted by Crippen LogP contribution is -2.18. The SMILES string of the molecule is O=C1C[C@H](COC(=O)c2cc(Cl)cc(C(F)(F)F)c2)CN1. The first-order valence-electron chi connectivity index (χ1n) is 6.07. The van der Waals surface area contributed by atoms with Gasteiger partial charge in [0.15, 0.2) is 0 Å². The predicted molar refractivity (Wildman–Crippen MR) is 67.9 cm³/mol. The molecule has 114 valence electrons. The summed E-state index contributed by atoms with van der Waals surface area (Å²) in [5.74, 6) is -1.21. The minimum absolute atomic E-state index is 0.0363. The van der Waals surface area contributed by atoms with E-state index in [0.717, 1.165) is 12.1 Å². The van der Waals surface area contributed by atoms with Gasteiger partial charge >= 0.3 is 12.1 Å². The number of carbonyl (C=O) groups excluding carboxylic acids is 2. The van der Waals surface area contributed by atoms with E-state index in [9.17, 15) is 22.8 Å². The average Bonchev–Trinajstić information content (AvgIpc) is 2.80. The van der Waals surface area contributed by atoms with E-state index in [-0.39, 0.29) is 35.4 Å². The van der Waals surface area contributed by atoms with Crippen molar-refractivity contribution in [3.8, 4) is 0 Å². The Bertz CT molecular complexity index is 574. The topological polar surface area (TPSA) is 55.4 Å². The fourth-order valence-electron chi connectivity index (χ4n) is 1.93. The molecule has 1 aromatic rings. The van der Waals surface area contributed by atoms with Gasteiger partial charge in [-0.25, -0.2) is 4.79 Å². The van der Waals surface area contributed by atoms with E-state index in [1.54, 1.807) is 0 Å². The maximum absolute atomic E-state index is 12.6. The van der Waals surface area contributed by atoms with Crippen molar-refractivity contribution in [1.82, 2.24) is 5.32 Å². The van der Waals surface area contributed by atoms with Crippen molar-refractivity contribution in [3.63, 3.8) is 0 Å². The molecule has 1 heterocycles. The molecule has 21 heavy (non-hydrogen) atoms. The zero-order valence-electron chi connectivity index (χ0n) is 10.7. The Kier molecular flexibility index (Phi) is 4.41. The molecule has 4 nitrogen and oxygen atoms in total. The minimum atomic E-state index is -4.60. The highest BCUT2D eigenvalue weighted by atomic mass is 35.5. The van der Waals surface area contributed by atoms with Crippen LogP contribution in [0.2, 0.25) is 5.02 Å². The molecule has 2 rings (SSSR count). The van der Waals surface area contributed by atoms with Crippen LogP contribution in [-0.4, -0.2) is 25.0 Å². The second-order valence-corrected chi connectivity index (χ2v) is 5.14. The van der Waals surface area contributed by atoms with Crippen LogP contribution < -0.4 is 5.32 Å². The van der Waals surface area contributed by atoms with Gasteiger partial charge in [0, 0.05) is 23.9 Å². The Morgan fingerprint density at radius 1 is 1.38 bits per heavy atom. The number of nitrogens with one attached hydrogen (secondary N) is 1. The molecule has 1 fully saturated rings. The van der Waals surface area contributed by atoms with E-state index in [4.69, 9.17) is 16.3 Å². The summed E-state index contributed by atoms with van der Waals surface area (Å²) in [7, 11) is 0. The number of benzene rings is 1. The Morgan fingerprint density at radius 2 is 2.10 bits per heavy atom. The van der Waals surface area contributed by atoms with Crippen LogP contribution in [0.1, 0.15) is 22.3 Å². The van der Waals surface area contributed by atoms with E-state index < -0.39 is 17.7 Å². The van der Waals surface area contributed by atoms with Crippen LogP contribution in [0.25, 0.3) is 0 Å². The van der Waals surface area contributed by atoms with Gasteiger partial charge < -0.3 is 10.1 Å². The summed E-state index contributed by atoms with van der Waals surface area (Å²) >= 11 is 5.58. The van der Waals surface area contributed by atoms with Gasteiger partial charge in [-0.2, -0.15) is 13.2 Å². The maximum atomic E-state index is 12.6. The number of hydrogen-bond acceptors (Lipinski definition) is 3. The number of ether oxygens (including phenoxy) is 1. The molecule has 1 N–H and O–H groups in total. The molecule has 0 aromatic heterocycles. The summed E-state index contributed by atoms with van der Waals surface area (Å²) in [6, 6.07) is 2.53. The first-order valence-corrected chi connectivity index (χ1v) is 6.45. The monoisotopic (exact) mass is 321 g/mol. The molecule has 0 unspecified atom stereocenters. The lowest BCUT2D eigenvalue weighted by atomic mass is 10.1. The smallest absolute Gasteiger partial charge is 0.416 e. The molecule has 1 atom stereocenters. The molecule has 8 heteroatoms. The third kappa shape index (κ3) is 4.10. The molecule has 0 radical (unpaired) electrons. The van der Waals surface area contributed by atoms with Crippen LogP contribution in [0, 0.1) is 5.92 Å². The van der Waals surface area contributed by atoms with Crippen molar-refractivity contribution in [2.45, 2.75) is 12.6 Å². The van der Waals surface area contributed by atoms with Crippen molar-refractivity contribution < 1.29 is 27.5 Å². The summed E-state index contributed by atoms with van der Waals surface area (Å²) in [5, 5.41) is 2.37. The number of halogens is 4. The zero-order chi connectivity index (χ0) is 15.6. The van der Waals surface area contributed by atoms with Gasteiger partial charge in [-0.05, 0) is 18.2 Å². The average molecular weight is 322 g/mol. The minimum Gasteiger partial charge on any atom is -0.462 e. The first kappa shape index (κ1) is 15.6. The summed E-state index contributed by atoms with van der Waals surface area (Å²) in [6.07, 6.45) is -4.36. The van der Waals surface area contributed by atoms with Crippen LogP contribution in [-0.2, 0) is 15.7 Å². The standard InChI is InChI=1S/C13H11ClF3NO3/c14-10-3-8(2-9(4-10)13(15,16)17)12(20)21-6-7-1-11(19)18-5-7/h2-4,7H,1,5-6H2,(H,18,19)/t7-/m0/s1. The van der Waals surface area contributed by atoms with Gasteiger partial charge in [-0.15, -0.1) is 0 Å². The summed E-state index contributed by atoms with van der Waals surface area (Å²) in [6.45, 7) is 0.348. The van der Waals surface area contributed by atoms with E-state index in [0.29, 0.717) is 12.6 Å². The number of rotatable bonds is 3.